The van der Waals surface area contributed by atoms with E-state index in [-0.39, 0.29) is 11.7 Å². The van der Waals surface area contributed by atoms with Gasteiger partial charge in [0, 0.05) is 34.4 Å². The first-order valence-corrected chi connectivity index (χ1v) is 9.33. The first-order chi connectivity index (χ1) is 14.6. The second-order valence-corrected chi connectivity index (χ2v) is 6.72. The van der Waals surface area contributed by atoms with Crippen molar-refractivity contribution >= 4 is 28.8 Å². The molecular formula is C24H19FN4O. The molecular weight excluding hydrogens is 379 g/mol. The van der Waals surface area contributed by atoms with E-state index in [1.54, 1.807) is 60.8 Å². The molecule has 4 rings (SSSR count). The second-order valence-electron chi connectivity index (χ2n) is 6.72. The van der Waals surface area contributed by atoms with E-state index in [4.69, 9.17) is 5.73 Å². The van der Waals surface area contributed by atoms with E-state index >= 15 is 0 Å². The van der Waals surface area contributed by atoms with Crippen molar-refractivity contribution in [2.75, 3.05) is 16.4 Å². The van der Waals surface area contributed by atoms with Gasteiger partial charge in [0.2, 0.25) is 0 Å². The van der Waals surface area contributed by atoms with Crippen molar-refractivity contribution in [1.82, 2.24) is 4.98 Å². The zero-order valence-electron chi connectivity index (χ0n) is 16.0. The smallest absolute Gasteiger partial charge is 0.255 e. The van der Waals surface area contributed by atoms with Crippen molar-refractivity contribution in [2.24, 2.45) is 0 Å². The van der Waals surface area contributed by atoms with Crippen molar-refractivity contribution in [1.29, 1.82) is 0 Å². The van der Waals surface area contributed by atoms with E-state index < -0.39 is 0 Å². The Hall–Kier alpha value is -4.19. The Balaban J connectivity index is 1.46. The van der Waals surface area contributed by atoms with Crippen LogP contribution in [0.25, 0.3) is 11.1 Å². The van der Waals surface area contributed by atoms with Gasteiger partial charge in [-0.3, -0.25) is 4.79 Å². The summed E-state index contributed by atoms with van der Waals surface area (Å²) in [5.41, 5.74) is 9.78. The molecule has 1 aromatic heterocycles. The lowest BCUT2D eigenvalue weighted by molar-refractivity contribution is 0.102. The lowest BCUT2D eigenvalue weighted by Gasteiger charge is -2.10. The van der Waals surface area contributed by atoms with Gasteiger partial charge in [-0.2, -0.15) is 0 Å². The lowest BCUT2D eigenvalue weighted by Crippen LogP contribution is -2.12. The predicted molar refractivity (Wildman–Crippen MR) is 118 cm³/mol. The number of aromatic nitrogens is 1. The summed E-state index contributed by atoms with van der Waals surface area (Å²) in [6.45, 7) is 0. The maximum atomic E-state index is 13.4. The predicted octanol–water partition coefficient (Wildman–Crippen LogP) is 5.47. The van der Waals surface area contributed by atoms with Gasteiger partial charge in [-0.15, -0.1) is 0 Å². The third kappa shape index (κ3) is 4.62. The number of nitrogens with zero attached hydrogens (tertiary/aromatic N) is 1. The maximum absolute atomic E-state index is 13.4. The van der Waals surface area contributed by atoms with Gasteiger partial charge in [0.15, 0.2) is 0 Å². The van der Waals surface area contributed by atoms with Gasteiger partial charge in [-0.25, -0.2) is 9.37 Å². The minimum Gasteiger partial charge on any atom is -0.399 e. The van der Waals surface area contributed by atoms with E-state index in [1.165, 1.54) is 12.1 Å². The highest BCUT2D eigenvalue weighted by Gasteiger charge is 2.08. The molecule has 0 bridgehead atoms. The maximum Gasteiger partial charge on any atom is 0.255 e. The van der Waals surface area contributed by atoms with Gasteiger partial charge < -0.3 is 16.4 Å². The summed E-state index contributed by atoms with van der Waals surface area (Å²) in [6.07, 6.45) is 1.68. The van der Waals surface area contributed by atoms with E-state index in [1.807, 2.05) is 18.2 Å². The Morgan fingerprint density at radius 1 is 0.833 bits per heavy atom. The molecule has 0 aliphatic carbocycles. The zero-order chi connectivity index (χ0) is 20.9. The molecule has 5 nitrogen and oxygen atoms in total. The Morgan fingerprint density at radius 3 is 2.37 bits per heavy atom. The summed E-state index contributed by atoms with van der Waals surface area (Å²) in [5, 5.41) is 6.02. The molecule has 6 heteroatoms. The molecule has 0 saturated heterocycles. The van der Waals surface area contributed by atoms with E-state index in [0.717, 1.165) is 16.8 Å². The van der Waals surface area contributed by atoms with Crippen molar-refractivity contribution in [3.05, 3.63) is 103 Å². The number of nitrogens with one attached hydrogen (secondary N) is 2. The fraction of sp³-hybridized carbons (Fsp3) is 0. The van der Waals surface area contributed by atoms with Crippen molar-refractivity contribution in [3.63, 3.8) is 0 Å². The van der Waals surface area contributed by atoms with Gasteiger partial charge in [-0.05, 0) is 72.3 Å². The Bertz CT molecular complexity index is 1170. The van der Waals surface area contributed by atoms with Crippen molar-refractivity contribution in [2.45, 2.75) is 0 Å². The molecule has 0 aliphatic heterocycles. The Morgan fingerprint density at radius 2 is 1.63 bits per heavy atom. The van der Waals surface area contributed by atoms with E-state index in [9.17, 15) is 9.18 Å². The largest absolute Gasteiger partial charge is 0.399 e. The Kier molecular flexibility index (Phi) is 5.39. The SMILES string of the molecule is Nc1ccc(NC(=O)c2cccc(Nc3ccc(-c4cccc(F)c4)cn3)c2)cc1. The van der Waals surface area contributed by atoms with Crippen LogP contribution in [0.1, 0.15) is 10.4 Å². The van der Waals surface area contributed by atoms with Crippen LogP contribution in [0.4, 0.5) is 27.3 Å². The van der Waals surface area contributed by atoms with Gasteiger partial charge >= 0.3 is 0 Å². The molecule has 148 valence electrons. The molecule has 3 aromatic carbocycles. The molecule has 0 aliphatic rings. The quantitative estimate of drug-likeness (QED) is 0.390. The van der Waals surface area contributed by atoms with Crippen LogP contribution >= 0.6 is 0 Å². The van der Waals surface area contributed by atoms with Crippen LogP contribution in [0, 0.1) is 5.82 Å². The number of carbonyl (C=O) groups is 1. The lowest BCUT2D eigenvalue weighted by atomic mass is 10.1. The number of halogens is 1. The monoisotopic (exact) mass is 398 g/mol. The fourth-order valence-corrected chi connectivity index (χ4v) is 2.96. The van der Waals surface area contributed by atoms with Crippen molar-refractivity contribution < 1.29 is 9.18 Å². The van der Waals surface area contributed by atoms with Gasteiger partial charge in [0.05, 0.1) is 0 Å². The summed E-state index contributed by atoms with van der Waals surface area (Å²) in [4.78, 5) is 16.9. The van der Waals surface area contributed by atoms with Crippen molar-refractivity contribution in [3.8, 4) is 11.1 Å². The molecule has 0 radical (unpaired) electrons. The topological polar surface area (TPSA) is 80.0 Å². The molecule has 0 saturated carbocycles. The normalized spacial score (nSPS) is 10.4. The number of hydrogen-bond acceptors (Lipinski definition) is 4. The summed E-state index contributed by atoms with van der Waals surface area (Å²) >= 11 is 0. The highest BCUT2D eigenvalue weighted by molar-refractivity contribution is 6.04. The van der Waals surface area contributed by atoms with Crippen LogP contribution in [0.3, 0.4) is 0 Å². The minimum atomic E-state index is -0.288. The number of nitrogen functional groups attached to an aromatic ring is 1. The number of amides is 1. The summed E-state index contributed by atoms with van der Waals surface area (Å²) in [7, 11) is 0. The molecule has 0 fully saturated rings. The molecule has 0 atom stereocenters. The van der Waals surface area contributed by atoms with Gasteiger partial charge in [0.25, 0.3) is 5.91 Å². The molecule has 0 unspecified atom stereocenters. The number of carbonyl (C=O) groups excluding carboxylic acids is 1. The minimum absolute atomic E-state index is 0.224. The second kappa shape index (κ2) is 8.45. The molecule has 4 N–H and O–H groups in total. The summed E-state index contributed by atoms with van der Waals surface area (Å²) < 4.78 is 13.4. The number of pyridine rings is 1. The van der Waals surface area contributed by atoms with Crippen LogP contribution in [-0.4, -0.2) is 10.9 Å². The summed E-state index contributed by atoms with van der Waals surface area (Å²) in [6, 6.07) is 24.1. The number of nitrogens with two attached hydrogens (primary N) is 1. The first-order valence-electron chi connectivity index (χ1n) is 9.33. The number of benzene rings is 3. The fourth-order valence-electron chi connectivity index (χ4n) is 2.96. The molecule has 1 heterocycles. The van der Waals surface area contributed by atoms with Gasteiger partial charge in [0.1, 0.15) is 11.6 Å². The Labute approximate surface area is 173 Å². The highest BCUT2D eigenvalue weighted by Crippen LogP contribution is 2.22. The molecule has 4 aromatic rings. The van der Waals surface area contributed by atoms with Crippen LogP contribution in [-0.2, 0) is 0 Å². The van der Waals surface area contributed by atoms with Gasteiger partial charge in [-0.1, -0.05) is 18.2 Å². The number of anilines is 4. The standard InChI is InChI=1S/C24H19FN4O/c25-19-5-1-3-16(13-19)18-7-12-23(27-15-18)28-22-6-2-4-17(14-22)24(30)29-21-10-8-20(26)9-11-21/h1-15H,26H2,(H,27,28)(H,29,30). The first kappa shape index (κ1) is 19.1. The average molecular weight is 398 g/mol. The highest BCUT2D eigenvalue weighted by atomic mass is 19.1. The van der Waals surface area contributed by atoms with E-state index in [2.05, 4.69) is 15.6 Å². The average Bonchev–Trinajstić information content (AvgIpc) is 2.76. The van der Waals surface area contributed by atoms with Crippen LogP contribution in [0.2, 0.25) is 0 Å². The number of hydrogen-bond donors (Lipinski definition) is 3. The molecule has 1 amide bonds. The third-order valence-electron chi connectivity index (χ3n) is 4.49. The third-order valence-corrected chi connectivity index (χ3v) is 4.49. The molecule has 0 spiro atoms. The summed E-state index contributed by atoms with van der Waals surface area (Å²) in [5.74, 6) is 0.104. The molecule has 30 heavy (non-hydrogen) atoms. The van der Waals surface area contributed by atoms with Crippen LogP contribution in [0.5, 0.6) is 0 Å². The van der Waals surface area contributed by atoms with Crippen LogP contribution in [0.15, 0.2) is 91.1 Å². The van der Waals surface area contributed by atoms with E-state index in [0.29, 0.717) is 22.8 Å². The van der Waals surface area contributed by atoms with Crippen LogP contribution < -0.4 is 16.4 Å². The zero-order valence-corrected chi connectivity index (χ0v) is 16.0. The number of rotatable bonds is 5.